The average Bonchev–Trinajstić information content (AvgIpc) is 2.55. The van der Waals surface area contributed by atoms with Gasteiger partial charge in [-0.3, -0.25) is 24.1 Å². The van der Waals surface area contributed by atoms with Gasteiger partial charge in [-0.1, -0.05) is 12.2 Å². The summed E-state index contributed by atoms with van der Waals surface area (Å²) in [6.07, 6.45) is 4.97. The van der Waals surface area contributed by atoms with E-state index in [-0.39, 0.29) is 30.4 Å². The molecule has 0 saturated carbocycles. The fraction of sp³-hybridized carbons (Fsp3) is 0.294. The fourth-order valence-electron chi connectivity index (χ4n) is 4.07. The van der Waals surface area contributed by atoms with Crippen LogP contribution >= 0.6 is 0 Å². The van der Waals surface area contributed by atoms with Gasteiger partial charge in [-0.15, -0.1) is 0 Å². The number of allylic oxidation sites excluding steroid dienone is 3. The number of nitrogens with two attached hydrogens (primary N) is 1. The summed E-state index contributed by atoms with van der Waals surface area (Å²) < 4.78 is 0. The Labute approximate surface area is 137 Å². The number of likely N-dealkylation sites (N-methyl/N-ethyl adjacent to an activating group) is 1. The van der Waals surface area contributed by atoms with Crippen LogP contribution in [0.2, 0.25) is 0 Å². The summed E-state index contributed by atoms with van der Waals surface area (Å²) in [6, 6.07) is 0. The minimum Gasteiger partial charge on any atom is -0.275 e. The van der Waals surface area contributed by atoms with Crippen molar-refractivity contribution in [1.82, 2.24) is 9.91 Å². The summed E-state index contributed by atoms with van der Waals surface area (Å²) in [4.78, 5) is 51.5. The highest BCUT2D eigenvalue weighted by Crippen LogP contribution is 2.56. The average molecular weight is 325 g/mol. The highest BCUT2D eigenvalue weighted by atomic mass is 16.2. The molecule has 24 heavy (non-hydrogen) atoms. The van der Waals surface area contributed by atoms with Crippen molar-refractivity contribution in [3.8, 4) is 0 Å². The van der Waals surface area contributed by atoms with Crippen LogP contribution < -0.4 is 5.84 Å². The number of hydrazine groups is 1. The normalized spacial score (nSPS) is 28.7. The summed E-state index contributed by atoms with van der Waals surface area (Å²) in [7, 11) is 0. The van der Waals surface area contributed by atoms with E-state index in [9.17, 15) is 19.2 Å². The van der Waals surface area contributed by atoms with Crippen LogP contribution in [0.3, 0.4) is 0 Å². The Morgan fingerprint density at radius 2 is 1.71 bits per heavy atom. The van der Waals surface area contributed by atoms with Gasteiger partial charge in [0.1, 0.15) is 0 Å². The Hall–Kier alpha value is -2.80. The maximum absolute atomic E-state index is 12.7. The van der Waals surface area contributed by atoms with Crippen LogP contribution in [-0.4, -0.2) is 40.1 Å². The van der Waals surface area contributed by atoms with Gasteiger partial charge in [-0.2, -0.15) is 0 Å². The number of rotatable bonds is 1. The summed E-state index contributed by atoms with van der Waals surface area (Å²) in [6.45, 7) is 3.72. The zero-order valence-electron chi connectivity index (χ0n) is 13.3. The summed E-state index contributed by atoms with van der Waals surface area (Å²) in [5.74, 6) is 3.64. The smallest absolute Gasteiger partial charge is 0.275 e. The second-order valence-electron chi connectivity index (χ2n) is 6.30. The van der Waals surface area contributed by atoms with E-state index in [1.807, 2.05) is 0 Å². The van der Waals surface area contributed by atoms with Crippen LogP contribution in [0.15, 0.2) is 46.1 Å². The topological polar surface area (TPSA) is 101 Å². The fourth-order valence-corrected chi connectivity index (χ4v) is 4.07. The van der Waals surface area contributed by atoms with Crippen LogP contribution in [0.5, 0.6) is 0 Å². The number of imide groups is 2. The standard InChI is InChI=1S/C17H15N3O4/c1-3-19-15(23)10-6-4-8-12-9(14(22)20(18)13(8)21)5-7-11(16(19)24)17(10,12)2/h4,6-7H,3,5,18H2,1-2H3. The van der Waals surface area contributed by atoms with Crippen molar-refractivity contribution in [3.63, 3.8) is 0 Å². The van der Waals surface area contributed by atoms with Crippen LogP contribution in [0.1, 0.15) is 20.3 Å². The van der Waals surface area contributed by atoms with E-state index < -0.39 is 17.2 Å². The summed E-state index contributed by atoms with van der Waals surface area (Å²) in [5, 5.41) is 0.594. The van der Waals surface area contributed by atoms with E-state index in [1.54, 1.807) is 26.0 Å². The van der Waals surface area contributed by atoms with Gasteiger partial charge in [0.05, 0.1) is 5.41 Å². The van der Waals surface area contributed by atoms with E-state index in [4.69, 9.17) is 5.84 Å². The third kappa shape index (κ3) is 1.41. The maximum atomic E-state index is 12.7. The minimum atomic E-state index is -1.08. The van der Waals surface area contributed by atoms with Crippen molar-refractivity contribution in [1.29, 1.82) is 0 Å². The largest absolute Gasteiger partial charge is 0.275 e. The predicted molar refractivity (Wildman–Crippen MR) is 82.4 cm³/mol. The highest BCUT2D eigenvalue weighted by molar-refractivity contribution is 6.23. The molecule has 0 radical (unpaired) electrons. The number of nitrogens with zero attached hydrogens (tertiary/aromatic N) is 2. The van der Waals surface area contributed by atoms with Gasteiger partial charge in [-0.25, -0.2) is 10.9 Å². The van der Waals surface area contributed by atoms with Gasteiger partial charge < -0.3 is 0 Å². The van der Waals surface area contributed by atoms with Crippen molar-refractivity contribution in [3.05, 3.63) is 46.1 Å². The van der Waals surface area contributed by atoms with Gasteiger partial charge in [0, 0.05) is 28.8 Å². The van der Waals surface area contributed by atoms with Crippen molar-refractivity contribution in [2.24, 2.45) is 11.3 Å². The molecule has 4 rings (SSSR count). The van der Waals surface area contributed by atoms with E-state index in [0.717, 1.165) is 0 Å². The lowest BCUT2D eigenvalue weighted by molar-refractivity contribution is -0.145. The van der Waals surface area contributed by atoms with Crippen molar-refractivity contribution < 1.29 is 19.2 Å². The lowest BCUT2D eigenvalue weighted by Crippen LogP contribution is -2.56. The second-order valence-corrected chi connectivity index (χ2v) is 6.30. The molecule has 1 saturated heterocycles. The number of likely N-dealkylation sites (tertiary alicyclic amines) is 1. The first kappa shape index (κ1) is 14.8. The number of carbonyl (C=O) groups excluding carboxylic acids is 4. The predicted octanol–water partition coefficient (Wildman–Crippen LogP) is 0.117. The maximum Gasteiger partial charge on any atom is 0.275 e. The first-order valence-corrected chi connectivity index (χ1v) is 7.70. The quantitative estimate of drug-likeness (QED) is 0.419. The number of hydrogen-bond donors (Lipinski definition) is 1. The van der Waals surface area contributed by atoms with Crippen LogP contribution in [0.25, 0.3) is 0 Å². The third-order valence-electron chi connectivity index (χ3n) is 5.27. The molecule has 2 aliphatic heterocycles. The molecule has 2 N–H and O–H groups in total. The molecule has 1 atom stereocenters. The lowest BCUT2D eigenvalue weighted by Gasteiger charge is -2.48. The zero-order valence-corrected chi connectivity index (χ0v) is 13.3. The Balaban J connectivity index is 2.05. The third-order valence-corrected chi connectivity index (χ3v) is 5.27. The van der Waals surface area contributed by atoms with E-state index in [1.165, 1.54) is 11.0 Å². The van der Waals surface area contributed by atoms with Crippen LogP contribution in [0.4, 0.5) is 0 Å². The summed E-state index contributed by atoms with van der Waals surface area (Å²) >= 11 is 0. The number of carbonyl (C=O) groups is 4. The monoisotopic (exact) mass is 325 g/mol. The molecule has 0 aromatic heterocycles. The van der Waals surface area contributed by atoms with Gasteiger partial charge in [0.2, 0.25) is 0 Å². The molecule has 4 aliphatic rings. The second kappa shape index (κ2) is 4.39. The Morgan fingerprint density at radius 3 is 2.38 bits per heavy atom. The molecule has 7 nitrogen and oxygen atoms in total. The van der Waals surface area contributed by atoms with Gasteiger partial charge >= 0.3 is 0 Å². The SMILES string of the molecule is CCN1C(=O)C2=CC=C3C(=O)N(N)C(=O)C4=C3C2(C)C(=CC4)C1=O. The number of piperidine rings is 1. The molecular formula is C17H15N3O4. The molecule has 2 aliphatic carbocycles. The molecular weight excluding hydrogens is 310 g/mol. The lowest BCUT2D eigenvalue weighted by atomic mass is 9.58. The van der Waals surface area contributed by atoms with Gasteiger partial charge in [0.25, 0.3) is 23.6 Å². The molecule has 0 bridgehead atoms. The molecule has 0 spiro atoms. The first-order chi connectivity index (χ1) is 11.3. The Bertz CT molecular complexity index is 890. The summed E-state index contributed by atoms with van der Waals surface area (Å²) in [5.41, 5.74) is 0.846. The molecule has 7 heteroatoms. The molecule has 1 unspecified atom stereocenters. The molecule has 0 aromatic carbocycles. The molecule has 4 amide bonds. The highest BCUT2D eigenvalue weighted by Gasteiger charge is 2.57. The van der Waals surface area contributed by atoms with Gasteiger partial charge in [-0.05, 0) is 31.9 Å². The van der Waals surface area contributed by atoms with E-state index in [0.29, 0.717) is 27.3 Å². The van der Waals surface area contributed by atoms with Crippen LogP contribution in [-0.2, 0) is 19.2 Å². The number of amides is 4. The Morgan fingerprint density at radius 1 is 1.04 bits per heavy atom. The van der Waals surface area contributed by atoms with Crippen molar-refractivity contribution in [2.45, 2.75) is 20.3 Å². The van der Waals surface area contributed by atoms with E-state index in [2.05, 4.69) is 0 Å². The minimum absolute atomic E-state index is 0.210. The molecule has 0 aromatic rings. The first-order valence-electron chi connectivity index (χ1n) is 7.70. The van der Waals surface area contributed by atoms with Crippen molar-refractivity contribution >= 4 is 23.6 Å². The van der Waals surface area contributed by atoms with Gasteiger partial charge in [0.15, 0.2) is 0 Å². The number of hydrogen-bond acceptors (Lipinski definition) is 5. The van der Waals surface area contributed by atoms with E-state index >= 15 is 0 Å². The molecule has 2 heterocycles. The molecule has 1 fully saturated rings. The molecule has 122 valence electrons. The van der Waals surface area contributed by atoms with Crippen molar-refractivity contribution in [2.75, 3.05) is 6.54 Å². The van der Waals surface area contributed by atoms with Crippen LogP contribution in [0, 0.1) is 5.41 Å². The zero-order chi connectivity index (χ0) is 17.4. The Kier molecular flexibility index (Phi) is 2.70.